The second-order valence-electron chi connectivity index (χ2n) is 9.23. The molecule has 1 aromatic heterocycles. The highest BCUT2D eigenvalue weighted by Gasteiger charge is 2.36. The predicted molar refractivity (Wildman–Crippen MR) is 139 cm³/mol. The average molecular weight is 552 g/mol. The molecule has 8 nitrogen and oxygen atoms in total. The Bertz CT molecular complexity index is 1650. The van der Waals surface area contributed by atoms with Gasteiger partial charge in [0, 0.05) is 35.3 Å². The molecule has 0 bridgehead atoms. The van der Waals surface area contributed by atoms with Gasteiger partial charge in [-0.2, -0.15) is 18.3 Å². The van der Waals surface area contributed by atoms with E-state index in [9.17, 15) is 31.9 Å². The predicted octanol–water partition coefficient (Wildman–Crippen LogP) is 4.94. The second-order valence-corrected chi connectivity index (χ2v) is 9.23. The summed E-state index contributed by atoms with van der Waals surface area (Å²) in [5.41, 5.74) is 6.43. The molecule has 1 aliphatic rings. The molecule has 4 aromatic rings. The van der Waals surface area contributed by atoms with Crippen molar-refractivity contribution in [2.24, 2.45) is 5.73 Å². The maximum atomic E-state index is 13.4. The van der Waals surface area contributed by atoms with Gasteiger partial charge in [0.2, 0.25) is 5.91 Å². The Morgan fingerprint density at radius 1 is 0.975 bits per heavy atom. The minimum atomic E-state index is -4.51. The smallest absolute Gasteiger partial charge is 0.366 e. The Hall–Kier alpha value is -5.00. The number of alkyl halides is 3. The van der Waals surface area contributed by atoms with E-state index in [4.69, 9.17) is 5.73 Å². The van der Waals surface area contributed by atoms with E-state index in [2.05, 4.69) is 17.0 Å². The van der Waals surface area contributed by atoms with E-state index in [0.29, 0.717) is 27.8 Å². The van der Waals surface area contributed by atoms with E-state index < -0.39 is 41.3 Å². The molecule has 3 N–H and O–H groups in total. The van der Waals surface area contributed by atoms with Crippen LogP contribution in [0.15, 0.2) is 79.1 Å². The van der Waals surface area contributed by atoms with E-state index >= 15 is 0 Å². The van der Waals surface area contributed by atoms with Crippen LogP contribution in [0.5, 0.6) is 0 Å². The molecule has 3 amide bonds. The molecule has 0 unspecified atom stereocenters. The zero-order valence-electron chi connectivity index (χ0n) is 20.7. The Labute approximate surface area is 224 Å². The SMILES string of the molecule is C=C(F)C(=O)N1CC(n2nc(-c3ccc(C(F)(F)F)cc3)c3cccc(C(=O)Nc4ccc(C(N)=O)cc4)c32)C1. The summed E-state index contributed by atoms with van der Waals surface area (Å²) < 4.78 is 54.3. The quantitative estimate of drug-likeness (QED) is 0.261. The third-order valence-electron chi connectivity index (χ3n) is 6.61. The van der Waals surface area contributed by atoms with Crippen molar-refractivity contribution in [2.75, 3.05) is 18.4 Å². The largest absolute Gasteiger partial charge is 0.416 e. The number of amides is 3. The van der Waals surface area contributed by atoms with Gasteiger partial charge in [-0.05, 0) is 42.5 Å². The first kappa shape index (κ1) is 26.6. The number of anilines is 1. The number of likely N-dealkylation sites (tertiary alicyclic amines) is 1. The van der Waals surface area contributed by atoms with Crippen molar-refractivity contribution in [2.45, 2.75) is 12.2 Å². The van der Waals surface area contributed by atoms with Crippen molar-refractivity contribution in [3.63, 3.8) is 0 Å². The third kappa shape index (κ3) is 4.91. The minimum Gasteiger partial charge on any atom is -0.366 e. The lowest BCUT2D eigenvalue weighted by Crippen LogP contribution is -2.51. The van der Waals surface area contributed by atoms with Gasteiger partial charge >= 0.3 is 6.18 Å². The van der Waals surface area contributed by atoms with Crippen LogP contribution < -0.4 is 11.1 Å². The summed E-state index contributed by atoms with van der Waals surface area (Å²) in [6, 6.07) is 14.9. The number of primary amides is 1. The van der Waals surface area contributed by atoms with Gasteiger partial charge in [-0.1, -0.05) is 30.8 Å². The monoisotopic (exact) mass is 551 g/mol. The fourth-order valence-corrected chi connectivity index (χ4v) is 4.53. The summed E-state index contributed by atoms with van der Waals surface area (Å²) in [5.74, 6) is -3.08. The highest BCUT2D eigenvalue weighted by Crippen LogP contribution is 2.36. The topological polar surface area (TPSA) is 110 Å². The lowest BCUT2D eigenvalue weighted by atomic mass is 10.0. The molecular weight excluding hydrogens is 530 g/mol. The van der Waals surface area contributed by atoms with Crippen LogP contribution >= 0.6 is 0 Å². The van der Waals surface area contributed by atoms with Crippen LogP contribution in [0.25, 0.3) is 22.2 Å². The van der Waals surface area contributed by atoms with Crippen LogP contribution in [0.4, 0.5) is 23.2 Å². The molecule has 0 aliphatic carbocycles. The number of carbonyl (C=O) groups excluding carboxylic acids is 3. The summed E-state index contributed by atoms with van der Waals surface area (Å²) in [4.78, 5) is 38.0. The fraction of sp³-hybridized carbons (Fsp3) is 0.143. The number of rotatable bonds is 6. The molecule has 0 radical (unpaired) electrons. The number of halogens is 4. The van der Waals surface area contributed by atoms with Crippen LogP contribution in [0, 0.1) is 0 Å². The van der Waals surface area contributed by atoms with Gasteiger partial charge in [0.05, 0.1) is 22.7 Å². The maximum absolute atomic E-state index is 13.4. The molecule has 1 saturated heterocycles. The maximum Gasteiger partial charge on any atom is 0.416 e. The molecule has 0 atom stereocenters. The number of hydrogen-bond donors (Lipinski definition) is 2. The molecule has 0 saturated carbocycles. The van der Waals surface area contributed by atoms with Crippen molar-refractivity contribution in [3.8, 4) is 11.3 Å². The standard InChI is InChI=1S/C28H21F4N5O3/c1-15(29)27(40)36-13-20(14-36)37-24-21(23(35-37)16-5-9-18(10-6-16)28(30,31)32)3-2-4-22(24)26(39)34-19-11-7-17(8-12-19)25(33)38/h2-12,20H,1,13-14H2,(H2,33,38)(H,34,39). The Balaban J connectivity index is 1.56. The molecule has 3 aromatic carbocycles. The van der Waals surface area contributed by atoms with E-state index in [1.54, 1.807) is 18.2 Å². The lowest BCUT2D eigenvalue weighted by Gasteiger charge is -2.39. The molecule has 5 rings (SSSR count). The van der Waals surface area contributed by atoms with Crippen LogP contribution in [0.1, 0.15) is 32.3 Å². The van der Waals surface area contributed by atoms with E-state index in [-0.39, 0.29) is 24.2 Å². The number of benzene rings is 3. The molecule has 1 fully saturated rings. The number of aromatic nitrogens is 2. The van der Waals surface area contributed by atoms with Crippen LogP contribution in [0.3, 0.4) is 0 Å². The van der Waals surface area contributed by atoms with Crippen molar-refractivity contribution in [1.82, 2.24) is 14.7 Å². The number of nitrogens with two attached hydrogens (primary N) is 1. The average Bonchev–Trinajstić information content (AvgIpc) is 3.27. The Morgan fingerprint density at radius 2 is 1.62 bits per heavy atom. The second kappa shape index (κ2) is 9.95. The first-order valence-electron chi connectivity index (χ1n) is 12.0. The number of fused-ring (bicyclic) bond motifs is 1. The van der Waals surface area contributed by atoms with Gasteiger partial charge in [-0.25, -0.2) is 4.39 Å². The van der Waals surface area contributed by atoms with Crippen LogP contribution in [-0.4, -0.2) is 45.5 Å². The first-order valence-corrected chi connectivity index (χ1v) is 12.0. The van der Waals surface area contributed by atoms with Gasteiger partial charge in [-0.3, -0.25) is 19.1 Å². The van der Waals surface area contributed by atoms with Crippen molar-refractivity contribution in [1.29, 1.82) is 0 Å². The van der Waals surface area contributed by atoms with Crippen molar-refractivity contribution >= 4 is 34.3 Å². The summed E-state index contributed by atoms with van der Waals surface area (Å²) >= 11 is 0. The number of nitrogens with zero attached hydrogens (tertiary/aromatic N) is 3. The Kier molecular flexibility index (Phi) is 6.62. The van der Waals surface area contributed by atoms with Gasteiger partial charge < -0.3 is 16.0 Å². The highest BCUT2D eigenvalue weighted by atomic mass is 19.4. The third-order valence-corrected chi connectivity index (χ3v) is 6.61. The summed E-state index contributed by atoms with van der Waals surface area (Å²) in [6.45, 7) is 3.21. The summed E-state index contributed by atoms with van der Waals surface area (Å²) in [7, 11) is 0. The lowest BCUT2D eigenvalue weighted by molar-refractivity contribution is -0.137. The molecule has 0 spiro atoms. The highest BCUT2D eigenvalue weighted by molar-refractivity contribution is 6.14. The van der Waals surface area contributed by atoms with Gasteiger partial charge in [-0.15, -0.1) is 0 Å². The van der Waals surface area contributed by atoms with Gasteiger partial charge in [0.1, 0.15) is 5.69 Å². The van der Waals surface area contributed by atoms with Crippen molar-refractivity contribution < 1.29 is 31.9 Å². The van der Waals surface area contributed by atoms with E-state index in [1.807, 2.05) is 0 Å². The number of para-hydroxylation sites is 1. The molecule has 40 heavy (non-hydrogen) atoms. The Morgan fingerprint density at radius 3 is 2.20 bits per heavy atom. The summed E-state index contributed by atoms with van der Waals surface area (Å²) in [5, 5.41) is 7.89. The normalized spacial score (nSPS) is 13.7. The number of carbonyl (C=O) groups is 3. The summed E-state index contributed by atoms with van der Waals surface area (Å²) in [6.07, 6.45) is -4.51. The number of hydrogen-bond acceptors (Lipinski definition) is 4. The van der Waals surface area contributed by atoms with E-state index in [0.717, 1.165) is 12.1 Å². The molecule has 1 aliphatic heterocycles. The van der Waals surface area contributed by atoms with E-state index in [1.165, 1.54) is 46.0 Å². The number of nitrogens with one attached hydrogen (secondary N) is 1. The molecular formula is C28H21F4N5O3. The molecule has 204 valence electrons. The molecule has 12 heteroatoms. The zero-order valence-corrected chi connectivity index (χ0v) is 20.7. The van der Waals surface area contributed by atoms with Gasteiger partial charge in [0.25, 0.3) is 11.8 Å². The van der Waals surface area contributed by atoms with Gasteiger partial charge in [0.15, 0.2) is 5.83 Å². The van der Waals surface area contributed by atoms with Crippen LogP contribution in [0.2, 0.25) is 0 Å². The minimum absolute atomic E-state index is 0.0928. The van der Waals surface area contributed by atoms with Crippen LogP contribution in [-0.2, 0) is 11.0 Å². The fourth-order valence-electron chi connectivity index (χ4n) is 4.53. The molecule has 2 heterocycles. The zero-order chi connectivity index (χ0) is 28.8. The van der Waals surface area contributed by atoms with Crippen molar-refractivity contribution in [3.05, 3.63) is 95.8 Å². The first-order chi connectivity index (χ1) is 18.9.